The second-order valence-electron chi connectivity index (χ2n) is 18.7. The molecule has 2 saturated heterocycles. The first-order valence-corrected chi connectivity index (χ1v) is 28.0. The quantitative estimate of drug-likeness (QED) is 0.0810. The van der Waals surface area contributed by atoms with Gasteiger partial charge in [0.15, 0.2) is 31.8 Å². The summed E-state index contributed by atoms with van der Waals surface area (Å²) in [7, 11) is 0. The molecule has 0 bridgehead atoms. The molecule has 0 radical (unpaired) electrons. The van der Waals surface area contributed by atoms with E-state index in [1.54, 1.807) is 52.0 Å². The number of rotatable bonds is 13. The Kier molecular flexibility index (Phi) is 17.7. The topological polar surface area (TPSA) is 179 Å². The molecule has 0 spiro atoms. The molecule has 0 N–H and O–H groups in total. The van der Waals surface area contributed by atoms with Crippen molar-refractivity contribution < 1.29 is 38.2 Å². The fourth-order valence-corrected chi connectivity index (χ4v) is 12.3. The van der Waals surface area contributed by atoms with Gasteiger partial charge in [-0.25, -0.2) is 19.8 Å². The van der Waals surface area contributed by atoms with E-state index in [9.17, 15) is 28.8 Å². The van der Waals surface area contributed by atoms with Crippen molar-refractivity contribution in [1.82, 2.24) is 18.6 Å². The summed E-state index contributed by atoms with van der Waals surface area (Å²) in [6.07, 6.45) is 6.13. The van der Waals surface area contributed by atoms with Gasteiger partial charge in [0.2, 0.25) is 5.91 Å². The maximum Gasteiger partial charge on any atom is 0.338 e. The van der Waals surface area contributed by atoms with E-state index in [0.29, 0.717) is 62.5 Å². The fraction of sp³-hybridized carbons (Fsp3) is 0.411. The number of carbonyl (C=O) groups is 6. The number of esters is 1. The highest BCUT2D eigenvalue weighted by Crippen LogP contribution is 2.37. The molecule has 394 valence electrons. The van der Waals surface area contributed by atoms with Crippen LogP contribution in [-0.2, 0) is 20.8 Å². The summed E-state index contributed by atoms with van der Waals surface area (Å²) >= 11 is 4.31. The molecule has 2 aliphatic carbocycles. The van der Waals surface area contributed by atoms with Crippen LogP contribution in [0.5, 0.6) is 0 Å². The van der Waals surface area contributed by atoms with Gasteiger partial charge in [0.25, 0.3) is 5.91 Å². The van der Waals surface area contributed by atoms with Crippen molar-refractivity contribution in [1.29, 1.82) is 0 Å². The molecule has 3 aromatic carbocycles. The zero-order valence-electron chi connectivity index (χ0n) is 43.8. The smallest absolute Gasteiger partial charge is 0.338 e. The summed E-state index contributed by atoms with van der Waals surface area (Å²) in [4.78, 5) is 94.1. The van der Waals surface area contributed by atoms with E-state index in [2.05, 4.69) is 14.1 Å². The van der Waals surface area contributed by atoms with Crippen molar-refractivity contribution in [2.45, 2.75) is 113 Å². The number of amides is 2. The Hall–Kier alpha value is -6.67. The first-order valence-electron chi connectivity index (χ1n) is 25.5. The van der Waals surface area contributed by atoms with E-state index >= 15 is 0 Å². The molecule has 2 amide bonds. The van der Waals surface area contributed by atoms with Gasteiger partial charge >= 0.3 is 5.97 Å². The lowest BCUT2D eigenvalue weighted by molar-refractivity contribution is -0.117. The highest BCUT2D eigenvalue weighted by atomic mass is 32.1. The largest absolute Gasteiger partial charge is 0.462 e. The number of hydrogen-bond acceptors (Lipinski definition) is 14. The third-order valence-corrected chi connectivity index (χ3v) is 16.9. The van der Waals surface area contributed by atoms with Crippen LogP contribution in [0.15, 0.2) is 87.8 Å². The average molecular weight is 1070 g/mol. The van der Waals surface area contributed by atoms with E-state index in [0.717, 1.165) is 114 Å². The normalized spacial score (nSPS) is 16.1. The number of ether oxygens (including phenoxy) is 2. The molecular formula is C56H64N8O8S3. The van der Waals surface area contributed by atoms with Crippen LogP contribution in [0.3, 0.4) is 0 Å². The van der Waals surface area contributed by atoms with Crippen molar-refractivity contribution in [3.05, 3.63) is 130 Å². The maximum absolute atomic E-state index is 12.5. The summed E-state index contributed by atoms with van der Waals surface area (Å²) < 4.78 is 16.7. The number of thiazole rings is 3. The molecule has 0 atom stereocenters. The minimum Gasteiger partial charge on any atom is -0.462 e. The van der Waals surface area contributed by atoms with Gasteiger partial charge in [-0.05, 0) is 140 Å². The van der Waals surface area contributed by atoms with Crippen molar-refractivity contribution >= 4 is 91.9 Å². The Morgan fingerprint density at radius 3 is 1.47 bits per heavy atom. The lowest BCUT2D eigenvalue weighted by Gasteiger charge is -2.26. The molecule has 4 fully saturated rings. The van der Waals surface area contributed by atoms with Gasteiger partial charge in [0, 0.05) is 93.8 Å². The number of benzene rings is 3. The summed E-state index contributed by atoms with van der Waals surface area (Å²) in [5.74, 6) is 0.114. The predicted molar refractivity (Wildman–Crippen MR) is 293 cm³/mol. The van der Waals surface area contributed by atoms with E-state index in [1.807, 2.05) is 90.6 Å². The van der Waals surface area contributed by atoms with Crippen LogP contribution in [-0.4, -0.2) is 93.2 Å². The van der Waals surface area contributed by atoms with Crippen molar-refractivity contribution in [3.8, 4) is 0 Å². The summed E-state index contributed by atoms with van der Waals surface area (Å²) in [6, 6.07) is 23.0. The lowest BCUT2D eigenvalue weighted by atomic mass is 10.2. The van der Waals surface area contributed by atoms with Gasteiger partial charge < -0.3 is 33.0 Å². The van der Waals surface area contributed by atoms with Crippen LogP contribution in [0.25, 0.3) is 0 Å². The van der Waals surface area contributed by atoms with Crippen LogP contribution in [0, 0.1) is 20.8 Å². The van der Waals surface area contributed by atoms with E-state index < -0.39 is 0 Å². The minimum absolute atomic E-state index is 0.0312. The number of hydrogen-bond donors (Lipinski definition) is 0. The van der Waals surface area contributed by atoms with E-state index in [4.69, 9.17) is 19.5 Å². The van der Waals surface area contributed by atoms with Crippen LogP contribution in [0.1, 0.15) is 152 Å². The van der Waals surface area contributed by atoms with Gasteiger partial charge in [0.1, 0.15) is 0 Å². The first kappa shape index (κ1) is 54.6. The molecule has 3 aromatic heterocycles. The molecule has 0 unspecified atom stereocenters. The Balaban J connectivity index is 0.000000150. The number of Topliss-reactive ketones (excluding diaryl/α,β-unsaturated/α-hetero) is 3. The summed E-state index contributed by atoms with van der Waals surface area (Å²) in [5, 5.41) is 0. The number of morpholine rings is 1. The predicted octanol–water partition coefficient (Wildman–Crippen LogP) is 10.3. The highest BCUT2D eigenvalue weighted by molar-refractivity contribution is 7.12. The monoisotopic (exact) mass is 1070 g/mol. The number of carbonyl (C=O) groups excluding carboxylic acids is 6. The molecule has 16 nitrogen and oxygen atoms in total. The third kappa shape index (κ3) is 13.1. The fourth-order valence-electron chi connectivity index (χ4n) is 9.01. The summed E-state index contributed by atoms with van der Waals surface area (Å²) in [5.41, 5.74) is 7.44. The molecule has 10 rings (SSSR count). The molecule has 75 heavy (non-hydrogen) atoms. The number of aromatic nitrogens is 3. The van der Waals surface area contributed by atoms with Crippen LogP contribution >= 0.6 is 34.0 Å². The molecule has 19 heteroatoms. The van der Waals surface area contributed by atoms with Crippen LogP contribution < -0.4 is 19.3 Å². The van der Waals surface area contributed by atoms with Crippen molar-refractivity contribution in [2.75, 3.05) is 44.4 Å². The lowest BCUT2D eigenvalue weighted by Crippen LogP contribution is -2.40. The number of nitrogens with zero attached hydrogens (tertiary/aromatic N) is 8. The zero-order chi connectivity index (χ0) is 53.5. The Labute approximate surface area is 448 Å². The summed E-state index contributed by atoms with van der Waals surface area (Å²) in [6.45, 7) is 18.9. The van der Waals surface area contributed by atoms with Gasteiger partial charge in [-0.15, -0.1) is 0 Å². The second kappa shape index (κ2) is 24.3. The average Bonchev–Trinajstić information content (AvgIpc) is 4.30. The Morgan fingerprint density at radius 1 is 0.600 bits per heavy atom. The van der Waals surface area contributed by atoms with Crippen molar-refractivity contribution in [3.63, 3.8) is 0 Å². The number of anilines is 1. The standard InChI is InChI=1S/C20H23N3O3S.C19H21N3O2S.C17H20N2O3S/c1-13-18(14(2)24)27-20(23(13)17-7-8-17)21-16-5-3-15(4-6-16)19(25)22-9-11-26-12-10-22;1-12-18(13(2)23)25-19(22(12)16-9-10-16)20-14-5-7-15(8-6-14)21-11-3-4-17(21)24;1-5-19-11(3)15(12(4)20)23-17(19)18-14-9-7-13(8-10-14)16(21)22-6-2/h3-6,17H,7-12H2,1-2H3;5-8,16H,3-4,9-11H2,1-2H3;7-10H,5-6H2,1-4H3. The van der Waals surface area contributed by atoms with Gasteiger partial charge in [-0.2, -0.15) is 0 Å². The zero-order valence-corrected chi connectivity index (χ0v) is 46.3. The van der Waals surface area contributed by atoms with Gasteiger partial charge in [-0.3, -0.25) is 24.0 Å². The van der Waals surface area contributed by atoms with Crippen molar-refractivity contribution in [2.24, 2.45) is 15.0 Å². The Bertz CT molecular complexity index is 3320. The van der Waals surface area contributed by atoms with Gasteiger partial charge in [0.05, 0.1) is 57.1 Å². The molecular weight excluding hydrogens is 1010 g/mol. The molecule has 4 aliphatic rings. The van der Waals surface area contributed by atoms with Crippen LogP contribution in [0.2, 0.25) is 0 Å². The second-order valence-corrected chi connectivity index (χ2v) is 21.7. The third-order valence-electron chi connectivity index (χ3n) is 13.1. The minimum atomic E-state index is -0.339. The molecule has 5 heterocycles. The number of ketones is 3. The first-order chi connectivity index (χ1) is 36.1. The van der Waals surface area contributed by atoms with Gasteiger partial charge in [-0.1, -0.05) is 34.0 Å². The Morgan fingerprint density at radius 2 is 1.04 bits per heavy atom. The SMILES string of the molecule is CC(=O)c1sc(=Nc2ccc(C(=O)N3CCOCC3)cc2)n(C2CC2)c1C.CC(=O)c1sc(=Nc2ccc(N3CCCC3=O)cc2)n(C2CC2)c1C.CCOC(=O)c1ccc(N=c2sc(C(C)=O)c(C)n2CC)cc1. The van der Waals surface area contributed by atoms with Crippen LogP contribution in [0.4, 0.5) is 22.7 Å². The van der Waals surface area contributed by atoms with E-state index in [-0.39, 0.29) is 35.1 Å². The molecule has 2 saturated carbocycles. The molecule has 2 aliphatic heterocycles. The van der Waals surface area contributed by atoms with E-state index in [1.165, 1.54) is 34.0 Å². The maximum atomic E-state index is 12.5. The molecule has 6 aromatic rings. The highest BCUT2D eigenvalue weighted by Gasteiger charge is 2.30.